The number of hydrogen-bond acceptors (Lipinski definition) is 4. The van der Waals surface area contributed by atoms with Gasteiger partial charge in [-0.05, 0) is 37.3 Å². The Kier molecular flexibility index (Phi) is 5.46. The number of hydrogen-bond donors (Lipinski definition) is 0. The van der Waals surface area contributed by atoms with E-state index >= 15 is 0 Å². The van der Waals surface area contributed by atoms with Crippen molar-refractivity contribution >= 4 is 39.6 Å². The van der Waals surface area contributed by atoms with Crippen molar-refractivity contribution < 1.29 is 19.1 Å². The molecule has 0 saturated carbocycles. The summed E-state index contributed by atoms with van der Waals surface area (Å²) >= 11 is 3.42. The molecule has 5 nitrogen and oxygen atoms in total. The van der Waals surface area contributed by atoms with Crippen LogP contribution in [0.1, 0.15) is 12.5 Å². The van der Waals surface area contributed by atoms with Crippen LogP contribution < -0.4 is 9.64 Å². The summed E-state index contributed by atoms with van der Waals surface area (Å²) in [5.74, 6) is -0.239. The summed E-state index contributed by atoms with van der Waals surface area (Å²) in [5.41, 5.74) is 2.40. The lowest BCUT2D eigenvalue weighted by Crippen LogP contribution is -2.24. The first kappa shape index (κ1) is 18.9. The van der Waals surface area contributed by atoms with Gasteiger partial charge in [-0.25, -0.2) is 4.79 Å². The molecular formula is C21H18BrNO4. The zero-order valence-electron chi connectivity index (χ0n) is 15.2. The molecule has 1 heterocycles. The third-order valence-electron chi connectivity index (χ3n) is 4.29. The number of esters is 1. The predicted molar refractivity (Wildman–Crippen MR) is 107 cm³/mol. The quantitative estimate of drug-likeness (QED) is 0.537. The van der Waals surface area contributed by atoms with Gasteiger partial charge in [-0.15, -0.1) is 0 Å². The minimum Gasteiger partial charge on any atom is -0.496 e. The van der Waals surface area contributed by atoms with Crippen molar-refractivity contribution in [2.24, 2.45) is 0 Å². The molecule has 1 amide bonds. The number of carbonyl (C=O) groups is 2. The number of carbonyl (C=O) groups excluding carboxylic acids is 2. The first-order valence-corrected chi connectivity index (χ1v) is 9.01. The zero-order chi connectivity index (χ0) is 19.6. The van der Waals surface area contributed by atoms with E-state index in [9.17, 15) is 9.59 Å². The number of ether oxygens (including phenoxy) is 2. The summed E-state index contributed by atoms with van der Waals surface area (Å²) in [6, 6.07) is 14.6. The maximum atomic E-state index is 13.2. The number of halogens is 1. The highest BCUT2D eigenvalue weighted by Gasteiger charge is 2.38. The maximum Gasteiger partial charge on any atom is 0.340 e. The van der Waals surface area contributed by atoms with Crippen molar-refractivity contribution in [3.63, 3.8) is 0 Å². The van der Waals surface area contributed by atoms with E-state index in [1.165, 1.54) is 12.0 Å². The molecule has 138 valence electrons. The van der Waals surface area contributed by atoms with Gasteiger partial charge in [0.15, 0.2) is 0 Å². The van der Waals surface area contributed by atoms with Gasteiger partial charge in [-0.3, -0.25) is 9.69 Å². The van der Waals surface area contributed by atoms with Gasteiger partial charge in [0.25, 0.3) is 5.91 Å². The predicted octanol–water partition coefficient (Wildman–Crippen LogP) is 4.33. The molecule has 0 fully saturated rings. The van der Waals surface area contributed by atoms with Crippen LogP contribution in [-0.4, -0.2) is 26.1 Å². The van der Waals surface area contributed by atoms with Crippen molar-refractivity contribution in [2.45, 2.75) is 6.92 Å². The van der Waals surface area contributed by atoms with Gasteiger partial charge in [0.05, 0.1) is 31.1 Å². The largest absolute Gasteiger partial charge is 0.496 e. The third kappa shape index (κ3) is 3.53. The standard InChI is InChI=1S/C21H18BrNO4/c1-13-19(21(25)27-3)17(11-14-7-4-5-10-18(14)26-2)20(24)23(13)16-9-6-8-15(22)12-16/h4-12H,1-3H3/b17-11-. The van der Waals surface area contributed by atoms with Gasteiger partial charge in [-0.2, -0.15) is 0 Å². The van der Waals surface area contributed by atoms with Gasteiger partial charge >= 0.3 is 5.97 Å². The fraction of sp³-hybridized carbons (Fsp3) is 0.143. The van der Waals surface area contributed by atoms with E-state index in [0.717, 1.165) is 4.47 Å². The SMILES string of the molecule is COC(=O)C1=C(C)N(c2cccc(Br)c2)C(=O)/C1=C\c1ccccc1OC. The van der Waals surface area contributed by atoms with Crippen LogP contribution in [0, 0.1) is 0 Å². The molecule has 0 unspecified atom stereocenters. The number of amides is 1. The second-order valence-corrected chi connectivity index (χ2v) is 6.79. The fourth-order valence-electron chi connectivity index (χ4n) is 3.05. The van der Waals surface area contributed by atoms with Gasteiger partial charge in [0.1, 0.15) is 5.75 Å². The van der Waals surface area contributed by atoms with E-state index in [1.54, 1.807) is 26.2 Å². The Morgan fingerprint density at radius 3 is 2.52 bits per heavy atom. The van der Waals surface area contributed by atoms with Crippen LogP contribution >= 0.6 is 15.9 Å². The molecule has 2 aromatic carbocycles. The van der Waals surface area contributed by atoms with Gasteiger partial charge in [-0.1, -0.05) is 40.2 Å². The van der Waals surface area contributed by atoms with Crippen molar-refractivity contribution in [2.75, 3.05) is 19.1 Å². The van der Waals surface area contributed by atoms with Crippen LogP contribution in [-0.2, 0) is 14.3 Å². The molecule has 3 rings (SSSR count). The number of nitrogens with zero attached hydrogens (tertiary/aromatic N) is 1. The first-order valence-electron chi connectivity index (χ1n) is 8.22. The number of allylic oxidation sites excluding steroid dienone is 1. The summed E-state index contributed by atoms with van der Waals surface area (Å²) in [5, 5.41) is 0. The number of rotatable bonds is 4. The molecule has 0 radical (unpaired) electrons. The highest BCUT2D eigenvalue weighted by molar-refractivity contribution is 9.10. The molecule has 0 aromatic heterocycles. The lowest BCUT2D eigenvalue weighted by atomic mass is 10.0. The fourth-order valence-corrected chi connectivity index (χ4v) is 3.43. The maximum absolute atomic E-state index is 13.2. The van der Waals surface area contributed by atoms with Crippen LogP contribution in [0.3, 0.4) is 0 Å². The van der Waals surface area contributed by atoms with E-state index < -0.39 is 5.97 Å². The average Bonchev–Trinajstić information content (AvgIpc) is 2.91. The van der Waals surface area contributed by atoms with E-state index in [1.807, 2.05) is 42.5 Å². The van der Waals surface area contributed by atoms with Gasteiger partial charge in [0, 0.05) is 15.7 Å². The van der Waals surface area contributed by atoms with Crippen LogP contribution in [0.5, 0.6) is 5.75 Å². The minimum atomic E-state index is -0.556. The molecule has 1 aliphatic rings. The molecule has 0 aliphatic carbocycles. The number of anilines is 1. The lowest BCUT2D eigenvalue weighted by Gasteiger charge is -2.18. The Bertz CT molecular complexity index is 978. The summed E-state index contributed by atoms with van der Waals surface area (Å²) in [4.78, 5) is 27.2. The van der Waals surface area contributed by atoms with Crippen molar-refractivity contribution in [1.29, 1.82) is 0 Å². The second kappa shape index (κ2) is 7.80. The minimum absolute atomic E-state index is 0.244. The molecule has 27 heavy (non-hydrogen) atoms. The highest BCUT2D eigenvalue weighted by atomic mass is 79.9. The molecule has 0 saturated heterocycles. The number of benzene rings is 2. The van der Waals surface area contributed by atoms with E-state index in [2.05, 4.69) is 15.9 Å². The smallest absolute Gasteiger partial charge is 0.340 e. The molecule has 0 spiro atoms. The van der Waals surface area contributed by atoms with E-state index in [4.69, 9.17) is 9.47 Å². The molecule has 6 heteroatoms. The molecule has 2 aromatic rings. The Morgan fingerprint density at radius 1 is 1.11 bits per heavy atom. The zero-order valence-corrected chi connectivity index (χ0v) is 16.7. The molecule has 0 N–H and O–H groups in total. The first-order chi connectivity index (χ1) is 13.0. The summed E-state index contributed by atoms with van der Waals surface area (Å²) in [6.45, 7) is 1.73. The normalized spacial score (nSPS) is 15.5. The molecule has 0 atom stereocenters. The summed E-state index contributed by atoms with van der Waals surface area (Å²) < 4.78 is 11.1. The average molecular weight is 428 g/mol. The summed E-state index contributed by atoms with van der Waals surface area (Å²) in [6.07, 6.45) is 1.66. The Hall–Kier alpha value is -2.86. The number of para-hydroxylation sites is 1. The molecule has 1 aliphatic heterocycles. The van der Waals surface area contributed by atoms with Gasteiger partial charge in [0.2, 0.25) is 0 Å². The van der Waals surface area contributed by atoms with Crippen LogP contribution in [0.2, 0.25) is 0 Å². The second-order valence-electron chi connectivity index (χ2n) is 5.87. The Balaban J connectivity index is 2.17. The van der Waals surface area contributed by atoms with Crippen molar-refractivity contribution in [3.05, 3.63) is 75.4 Å². The van der Waals surface area contributed by atoms with E-state index in [-0.39, 0.29) is 17.1 Å². The van der Waals surface area contributed by atoms with Crippen LogP contribution in [0.25, 0.3) is 6.08 Å². The van der Waals surface area contributed by atoms with Crippen molar-refractivity contribution in [1.82, 2.24) is 0 Å². The third-order valence-corrected chi connectivity index (χ3v) is 4.79. The number of methoxy groups -OCH3 is 2. The van der Waals surface area contributed by atoms with E-state index in [0.29, 0.717) is 22.7 Å². The Labute approximate surface area is 166 Å². The monoisotopic (exact) mass is 427 g/mol. The molecule has 0 bridgehead atoms. The van der Waals surface area contributed by atoms with Gasteiger partial charge < -0.3 is 9.47 Å². The molecular weight excluding hydrogens is 410 g/mol. The lowest BCUT2D eigenvalue weighted by molar-refractivity contribution is -0.136. The van der Waals surface area contributed by atoms with Crippen LogP contribution in [0.4, 0.5) is 5.69 Å². The summed E-state index contributed by atoms with van der Waals surface area (Å²) in [7, 11) is 2.86. The highest BCUT2D eigenvalue weighted by Crippen LogP contribution is 2.37. The topological polar surface area (TPSA) is 55.8 Å². The van der Waals surface area contributed by atoms with Crippen LogP contribution in [0.15, 0.2) is 69.8 Å². The Morgan fingerprint density at radius 2 is 1.85 bits per heavy atom. The van der Waals surface area contributed by atoms with Crippen molar-refractivity contribution in [3.8, 4) is 5.75 Å².